The molecule has 0 bridgehead atoms. The van der Waals surface area contributed by atoms with Gasteiger partial charge in [-0.1, -0.05) is 41.9 Å². The number of thiazole rings is 1. The van der Waals surface area contributed by atoms with Crippen molar-refractivity contribution in [2.75, 3.05) is 12.4 Å². The number of hydrogen-bond acceptors (Lipinski definition) is 4. The summed E-state index contributed by atoms with van der Waals surface area (Å²) >= 11 is 7.26. The molecule has 1 N–H and O–H groups in total. The second-order valence-electron chi connectivity index (χ2n) is 5.11. The van der Waals surface area contributed by atoms with Crippen molar-refractivity contribution >= 4 is 40.1 Å². The predicted molar refractivity (Wildman–Crippen MR) is 103 cm³/mol. The predicted octanol–water partition coefficient (Wildman–Crippen LogP) is 5.12. The lowest BCUT2D eigenvalue weighted by atomic mass is 10.2. The number of benzene rings is 2. The van der Waals surface area contributed by atoms with Crippen molar-refractivity contribution in [1.82, 2.24) is 4.98 Å². The topological polar surface area (TPSA) is 51.2 Å². The minimum absolute atomic E-state index is 0.247. The summed E-state index contributed by atoms with van der Waals surface area (Å²) in [5.74, 6) is 0.466. The molecule has 2 aromatic carbocycles. The van der Waals surface area contributed by atoms with E-state index in [9.17, 15) is 4.79 Å². The van der Waals surface area contributed by atoms with E-state index >= 15 is 0 Å². The van der Waals surface area contributed by atoms with Crippen molar-refractivity contribution in [3.8, 4) is 17.0 Å². The summed E-state index contributed by atoms with van der Waals surface area (Å²) in [4.78, 5) is 16.5. The Bertz CT molecular complexity index is 904. The van der Waals surface area contributed by atoms with Crippen LogP contribution in [-0.2, 0) is 4.79 Å². The third-order valence-electron chi connectivity index (χ3n) is 3.43. The first-order valence-electron chi connectivity index (χ1n) is 7.49. The van der Waals surface area contributed by atoms with E-state index in [0.717, 1.165) is 16.8 Å². The second kappa shape index (κ2) is 7.96. The molecule has 0 spiro atoms. The van der Waals surface area contributed by atoms with Gasteiger partial charge in [0.05, 0.1) is 12.8 Å². The van der Waals surface area contributed by atoms with E-state index in [-0.39, 0.29) is 5.91 Å². The average Bonchev–Trinajstić information content (AvgIpc) is 3.09. The first kappa shape index (κ1) is 17.2. The molecule has 1 heterocycles. The molecule has 0 radical (unpaired) electrons. The smallest absolute Gasteiger partial charge is 0.250 e. The van der Waals surface area contributed by atoms with Crippen molar-refractivity contribution in [3.05, 3.63) is 70.6 Å². The van der Waals surface area contributed by atoms with Gasteiger partial charge < -0.3 is 4.74 Å². The Kier molecular flexibility index (Phi) is 5.48. The van der Waals surface area contributed by atoms with Crippen LogP contribution in [0.15, 0.2) is 60.0 Å². The van der Waals surface area contributed by atoms with Gasteiger partial charge in [0.15, 0.2) is 5.13 Å². The zero-order chi connectivity index (χ0) is 17.6. The molecule has 6 heteroatoms. The first-order valence-corrected chi connectivity index (χ1v) is 8.75. The number of nitrogens with one attached hydrogen (secondary N) is 1. The molecule has 0 atom stereocenters. The normalized spacial score (nSPS) is 10.8. The van der Waals surface area contributed by atoms with E-state index in [1.54, 1.807) is 13.2 Å². The number of carbonyl (C=O) groups is 1. The highest BCUT2D eigenvalue weighted by molar-refractivity contribution is 7.14. The largest absolute Gasteiger partial charge is 0.496 e. The summed E-state index contributed by atoms with van der Waals surface area (Å²) in [7, 11) is 1.60. The lowest BCUT2D eigenvalue weighted by Crippen LogP contribution is -2.07. The van der Waals surface area contributed by atoms with Crippen LogP contribution in [0.25, 0.3) is 17.3 Å². The van der Waals surface area contributed by atoms with E-state index in [2.05, 4.69) is 10.3 Å². The quantitative estimate of drug-likeness (QED) is 0.634. The summed E-state index contributed by atoms with van der Waals surface area (Å²) in [5.41, 5.74) is 2.58. The van der Waals surface area contributed by atoms with Gasteiger partial charge in [-0.25, -0.2) is 4.98 Å². The molecule has 0 aliphatic rings. The summed E-state index contributed by atoms with van der Waals surface area (Å²) in [6.45, 7) is 0. The van der Waals surface area contributed by atoms with Crippen LogP contribution < -0.4 is 10.1 Å². The average molecular weight is 371 g/mol. The van der Waals surface area contributed by atoms with E-state index in [1.807, 2.05) is 53.9 Å². The van der Waals surface area contributed by atoms with Crippen LogP contribution in [0.4, 0.5) is 5.13 Å². The summed E-state index contributed by atoms with van der Waals surface area (Å²) in [6.07, 6.45) is 3.17. The number of para-hydroxylation sites is 1. The Morgan fingerprint density at radius 2 is 1.96 bits per heavy atom. The molecule has 0 fully saturated rings. The number of amides is 1. The minimum Gasteiger partial charge on any atom is -0.496 e. The van der Waals surface area contributed by atoms with Crippen molar-refractivity contribution in [2.45, 2.75) is 0 Å². The van der Waals surface area contributed by atoms with Crippen molar-refractivity contribution < 1.29 is 9.53 Å². The van der Waals surface area contributed by atoms with Crippen LogP contribution in [0.3, 0.4) is 0 Å². The number of ether oxygens (including phenoxy) is 1. The fraction of sp³-hybridized carbons (Fsp3) is 0.0526. The third-order valence-corrected chi connectivity index (χ3v) is 4.44. The van der Waals surface area contributed by atoms with Gasteiger partial charge in [0.1, 0.15) is 5.75 Å². The molecule has 0 aliphatic heterocycles. The Balaban J connectivity index is 1.67. The number of halogens is 1. The SMILES string of the molecule is COc1ccccc1/C=C/C(=O)Nc1nc(-c2ccc(Cl)cc2)cs1. The van der Waals surface area contributed by atoms with Crippen LogP contribution in [0, 0.1) is 0 Å². The number of carbonyl (C=O) groups excluding carboxylic acids is 1. The van der Waals surface area contributed by atoms with Gasteiger partial charge in [-0.15, -0.1) is 11.3 Å². The van der Waals surface area contributed by atoms with Crippen LogP contribution in [0.2, 0.25) is 5.02 Å². The highest BCUT2D eigenvalue weighted by atomic mass is 35.5. The third kappa shape index (κ3) is 4.47. The van der Waals surface area contributed by atoms with E-state index in [1.165, 1.54) is 17.4 Å². The van der Waals surface area contributed by atoms with Crippen LogP contribution >= 0.6 is 22.9 Å². The highest BCUT2D eigenvalue weighted by Gasteiger charge is 2.07. The van der Waals surface area contributed by atoms with Gasteiger partial charge in [0, 0.05) is 27.6 Å². The molecule has 1 amide bonds. The molecular formula is C19H15ClN2O2S. The molecule has 25 heavy (non-hydrogen) atoms. The second-order valence-corrected chi connectivity index (χ2v) is 6.40. The molecule has 0 saturated heterocycles. The number of methoxy groups -OCH3 is 1. The molecule has 0 saturated carbocycles. The lowest BCUT2D eigenvalue weighted by molar-refractivity contribution is -0.111. The summed E-state index contributed by atoms with van der Waals surface area (Å²) in [6, 6.07) is 14.9. The maximum Gasteiger partial charge on any atom is 0.250 e. The number of hydrogen-bond donors (Lipinski definition) is 1. The minimum atomic E-state index is -0.247. The first-order chi connectivity index (χ1) is 12.2. The monoisotopic (exact) mass is 370 g/mol. The number of anilines is 1. The molecule has 4 nitrogen and oxygen atoms in total. The molecule has 3 aromatic rings. The summed E-state index contributed by atoms with van der Waals surface area (Å²) < 4.78 is 5.25. The Morgan fingerprint density at radius 3 is 2.72 bits per heavy atom. The molecule has 126 valence electrons. The van der Waals surface area contributed by atoms with Crippen LogP contribution in [0.1, 0.15) is 5.56 Å². The standard InChI is InChI=1S/C19H15ClN2O2S/c1-24-17-5-3-2-4-14(17)8-11-18(23)22-19-21-16(12-25-19)13-6-9-15(20)10-7-13/h2-12H,1H3,(H,21,22,23)/b11-8+. The fourth-order valence-electron chi connectivity index (χ4n) is 2.20. The van der Waals surface area contributed by atoms with E-state index < -0.39 is 0 Å². The highest BCUT2D eigenvalue weighted by Crippen LogP contribution is 2.26. The van der Waals surface area contributed by atoms with Gasteiger partial charge in [0.2, 0.25) is 5.91 Å². The number of rotatable bonds is 5. The van der Waals surface area contributed by atoms with E-state index in [4.69, 9.17) is 16.3 Å². The molecule has 0 unspecified atom stereocenters. The van der Waals surface area contributed by atoms with Gasteiger partial charge in [0.25, 0.3) is 0 Å². The zero-order valence-corrected chi connectivity index (χ0v) is 15.0. The van der Waals surface area contributed by atoms with Crippen molar-refractivity contribution in [2.24, 2.45) is 0 Å². The van der Waals surface area contributed by atoms with Crippen molar-refractivity contribution in [1.29, 1.82) is 0 Å². The fourth-order valence-corrected chi connectivity index (χ4v) is 3.05. The number of aromatic nitrogens is 1. The molecular weight excluding hydrogens is 356 g/mol. The van der Waals surface area contributed by atoms with Crippen LogP contribution in [0.5, 0.6) is 5.75 Å². The molecule has 3 rings (SSSR count). The maximum atomic E-state index is 12.1. The lowest BCUT2D eigenvalue weighted by Gasteiger charge is -2.03. The van der Waals surface area contributed by atoms with Crippen LogP contribution in [-0.4, -0.2) is 18.0 Å². The Morgan fingerprint density at radius 1 is 1.20 bits per heavy atom. The van der Waals surface area contributed by atoms with Gasteiger partial charge in [-0.05, 0) is 24.3 Å². The van der Waals surface area contributed by atoms with Gasteiger partial charge in [-0.2, -0.15) is 0 Å². The van der Waals surface area contributed by atoms with Crippen molar-refractivity contribution in [3.63, 3.8) is 0 Å². The molecule has 1 aromatic heterocycles. The zero-order valence-electron chi connectivity index (χ0n) is 13.4. The summed E-state index contributed by atoms with van der Waals surface area (Å²) in [5, 5.41) is 5.87. The number of nitrogens with zero attached hydrogens (tertiary/aromatic N) is 1. The Labute approximate surface area is 154 Å². The molecule has 0 aliphatic carbocycles. The van der Waals surface area contributed by atoms with Gasteiger partial charge >= 0.3 is 0 Å². The Hall–Kier alpha value is -2.63. The van der Waals surface area contributed by atoms with Gasteiger partial charge in [-0.3, -0.25) is 10.1 Å². The maximum absolute atomic E-state index is 12.1. The van der Waals surface area contributed by atoms with E-state index in [0.29, 0.717) is 15.9 Å².